The van der Waals surface area contributed by atoms with E-state index in [-0.39, 0.29) is 16.9 Å². The van der Waals surface area contributed by atoms with Crippen LogP contribution < -0.4 is 4.87 Å². The number of H-pyrrole nitrogens is 1. The number of ether oxygens (including phenoxy) is 4. The fourth-order valence-electron chi connectivity index (χ4n) is 2.91. The summed E-state index contributed by atoms with van der Waals surface area (Å²) >= 11 is 1.14. The molecule has 9 nitrogen and oxygen atoms in total. The maximum atomic E-state index is 11.5. The number of carbonyl (C=O) groups is 1. The van der Waals surface area contributed by atoms with Crippen molar-refractivity contribution < 1.29 is 28.8 Å². The van der Waals surface area contributed by atoms with E-state index in [2.05, 4.69) is 9.88 Å². The van der Waals surface area contributed by atoms with Crippen molar-refractivity contribution in [3.8, 4) is 5.75 Å². The number of aromatic nitrogens is 1. The van der Waals surface area contributed by atoms with Gasteiger partial charge in [-0.15, -0.1) is 0 Å². The van der Waals surface area contributed by atoms with E-state index in [0.29, 0.717) is 44.8 Å². The summed E-state index contributed by atoms with van der Waals surface area (Å²) in [5.74, 6) is 0.114. The summed E-state index contributed by atoms with van der Waals surface area (Å²) in [6, 6.07) is 3.50. The van der Waals surface area contributed by atoms with Crippen molar-refractivity contribution in [2.75, 3.05) is 46.6 Å². The first-order valence-corrected chi connectivity index (χ1v) is 11.6. The zero-order valence-electron chi connectivity index (χ0n) is 19.6. The molecule has 2 aromatic rings. The lowest BCUT2D eigenvalue weighted by atomic mass is 10.1. The highest BCUT2D eigenvalue weighted by Gasteiger charge is 2.13. The molecule has 0 amide bonds. The molecule has 182 valence electrons. The van der Waals surface area contributed by atoms with Crippen LogP contribution in [0.3, 0.4) is 0 Å². The zero-order valence-corrected chi connectivity index (χ0v) is 20.4. The van der Waals surface area contributed by atoms with E-state index in [1.54, 1.807) is 6.07 Å². The van der Waals surface area contributed by atoms with Gasteiger partial charge >= 0.3 is 4.87 Å². The summed E-state index contributed by atoms with van der Waals surface area (Å²) in [6.45, 7) is 11.3. The first kappa shape index (κ1) is 28.2. The van der Waals surface area contributed by atoms with E-state index >= 15 is 0 Å². The van der Waals surface area contributed by atoms with Crippen LogP contribution in [0.25, 0.3) is 10.2 Å². The predicted molar refractivity (Wildman–Crippen MR) is 125 cm³/mol. The number of likely N-dealkylation sites (N-methyl/N-ethyl adjacent to an activating group) is 1. The number of nitrogens with zero attached hydrogens (tertiary/aromatic N) is 1. The van der Waals surface area contributed by atoms with Crippen LogP contribution in [0, 0.1) is 0 Å². The number of phenolic OH excluding ortho intramolecular Hbond substituents is 1. The van der Waals surface area contributed by atoms with E-state index in [0.717, 1.165) is 34.6 Å². The van der Waals surface area contributed by atoms with Crippen LogP contribution in [-0.2, 0) is 30.2 Å². The third-order valence-electron chi connectivity index (χ3n) is 4.34. The molecule has 2 rings (SSSR count). The number of nitrogens with one attached hydrogen (secondary N) is 1. The normalized spacial score (nSPS) is 11.4. The lowest BCUT2D eigenvalue weighted by Gasteiger charge is -2.23. The van der Waals surface area contributed by atoms with Gasteiger partial charge in [-0.2, -0.15) is 0 Å². The van der Waals surface area contributed by atoms with E-state index in [9.17, 15) is 14.7 Å². The summed E-state index contributed by atoms with van der Waals surface area (Å²) in [6.07, 6.45) is 0.539. The Labute approximate surface area is 193 Å². The number of hydrogen-bond donors (Lipinski definition) is 2. The highest BCUT2D eigenvalue weighted by atomic mass is 32.1. The molecule has 0 aliphatic rings. The van der Waals surface area contributed by atoms with Crippen molar-refractivity contribution >= 4 is 27.8 Å². The molecule has 0 fully saturated rings. The number of aldehydes is 1. The molecule has 0 unspecified atom stereocenters. The second kappa shape index (κ2) is 15.9. The van der Waals surface area contributed by atoms with Crippen LogP contribution in [-0.4, -0.2) is 80.4 Å². The highest BCUT2D eigenvalue weighted by molar-refractivity contribution is 7.16. The summed E-state index contributed by atoms with van der Waals surface area (Å²) in [5.41, 5.74) is 1.58. The summed E-state index contributed by atoms with van der Waals surface area (Å²) in [4.78, 5) is 26.2. The van der Waals surface area contributed by atoms with Crippen molar-refractivity contribution in [2.24, 2.45) is 0 Å². The van der Waals surface area contributed by atoms with Crippen LogP contribution in [0.15, 0.2) is 16.9 Å². The molecule has 0 aliphatic carbocycles. The zero-order chi connectivity index (χ0) is 23.9. The molecular weight excluding hydrogens is 436 g/mol. The molecule has 0 atom stereocenters. The smallest absolute Gasteiger partial charge is 0.305 e. The molecule has 0 bridgehead atoms. The highest BCUT2D eigenvalue weighted by Crippen LogP contribution is 2.28. The summed E-state index contributed by atoms with van der Waals surface area (Å²) < 4.78 is 21.6. The monoisotopic (exact) mass is 472 g/mol. The maximum Gasteiger partial charge on any atom is 0.305 e. The van der Waals surface area contributed by atoms with Gasteiger partial charge in [0, 0.05) is 39.5 Å². The number of carbonyl (C=O) groups excluding carboxylic acids is 1. The van der Waals surface area contributed by atoms with Gasteiger partial charge in [-0.25, -0.2) is 0 Å². The Balaban J connectivity index is 0.000000482. The Hall–Kier alpha value is -1.82. The molecule has 2 N–H and O–H groups in total. The number of phenols is 1. The standard InChI is InChI=1S/C16H24N2O4S.C6H12O3/c1-4-21-13(22-5-2)10-18(3)9-8-11-6-7-12(19)14-15(11)23-16(20)17-14;1-3-8-6(5-7)9-4-2/h6-7,13,19H,4-5,8-10H2,1-3H3,(H,17,20);5-6H,3-4H2,1-2H3. The predicted octanol–water partition coefficient (Wildman–Crippen LogP) is 2.75. The molecule has 0 saturated carbocycles. The number of benzene rings is 1. The molecular formula is C22H36N2O7S. The molecule has 1 aromatic heterocycles. The van der Waals surface area contributed by atoms with Gasteiger partial charge < -0.3 is 33.9 Å². The number of thiazole rings is 1. The second-order valence-corrected chi connectivity index (χ2v) is 7.71. The molecule has 0 aliphatic heterocycles. The molecule has 1 aromatic carbocycles. The Morgan fingerprint density at radius 3 is 2.19 bits per heavy atom. The average Bonchev–Trinajstić information content (AvgIpc) is 3.16. The maximum absolute atomic E-state index is 11.5. The van der Waals surface area contributed by atoms with Crippen LogP contribution in [0.1, 0.15) is 33.3 Å². The molecule has 10 heteroatoms. The van der Waals surface area contributed by atoms with Gasteiger partial charge in [0.2, 0.25) is 6.29 Å². The number of aromatic hydroxyl groups is 1. The first-order chi connectivity index (χ1) is 15.4. The minimum Gasteiger partial charge on any atom is -0.506 e. The van der Waals surface area contributed by atoms with Gasteiger partial charge in [0.25, 0.3) is 0 Å². The van der Waals surface area contributed by atoms with Crippen LogP contribution in [0.4, 0.5) is 0 Å². The Bertz CT molecular complexity index is 827. The van der Waals surface area contributed by atoms with Crippen molar-refractivity contribution in [3.05, 3.63) is 27.4 Å². The van der Waals surface area contributed by atoms with Gasteiger partial charge in [-0.05, 0) is 52.8 Å². The van der Waals surface area contributed by atoms with Gasteiger partial charge in [0.05, 0.1) is 4.70 Å². The summed E-state index contributed by atoms with van der Waals surface area (Å²) in [7, 11) is 2.02. The minimum atomic E-state index is -0.667. The lowest BCUT2D eigenvalue weighted by Crippen LogP contribution is -2.34. The van der Waals surface area contributed by atoms with E-state index in [4.69, 9.17) is 18.9 Å². The third kappa shape index (κ3) is 9.76. The van der Waals surface area contributed by atoms with Crippen molar-refractivity contribution in [1.29, 1.82) is 0 Å². The number of rotatable bonds is 14. The number of fused-ring (bicyclic) bond motifs is 1. The largest absolute Gasteiger partial charge is 0.506 e. The number of hydrogen-bond acceptors (Lipinski definition) is 9. The fraction of sp³-hybridized carbons (Fsp3) is 0.636. The van der Waals surface area contributed by atoms with Crippen molar-refractivity contribution in [1.82, 2.24) is 9.88 Å². The summed E-state index contributed by atoms with van der Waals surface area (Å²) in [5, 5.41) is 9.82. The van der Waals surface area contributed by atoms with Crippen molar-refractivity contribution in [3.63, 3.8) is 0 Å². The quantitative estimate of drug-likeness (QED) is 0.319. The van der Waals surface area contributed by atoms with E-state index in [1.807, 2.05) is 40.8 Å². The molecule has 0 spiro atoms. The van der Waals surface area contributed by atoms with Crippen molar-refractivity contribution in [2.45, 2.75) is 46.7 Å². The average molecular weight is 473 g/mol. The molecule has 32 heavy (non-hydrogen) atoms. The van der Waals surface area contributed by atoms with Gasteiger partial charge in [-0.3, -0.25) is 9.59 Å². The Kier molecular flexibility index (Phi) is 14.0. The number of aromatic amines is 1. The SMILES string of the molecule is CCOC(C=O)OCC.CCOC(CN(C)CCc1ccc(O)c2[nH]c(=O)sc12)OCC. The lowest BCUT2D eigenvalue weighted by molar-refractivity contribution is -0.155. The van der Waals surface area contributed by atoms with Crippen LogP contribution >= 0.6 is 11.3 Å². The Morgan fingerprint density at radius 1 is 1.06 bits per heavy atom. The first-order valence-electron chi connectivity index (χ1n) is 10.8. The second-order valence-electron chi connectivity index (χ2n) is 6.73. The molecule has 0 saturated heterocycles. The third-order valence-corrected chi connectivity index (χ3v) is 5.30. The molecule has 0 radical (unpaired) electrons. The van der Waals surface area contributed by atoms with E-state index < -0.39 is 6.29 Å². The fourth-order valence-corrected chi connectivity index (χ4v) is 3.80. The van der Waals surface area contributed by atoms with Gasteiger partial charge in [0.15, 0.2) is 12.6 Å². The topological polar surface area (TPSA) is 110 Å². The van der Waals surface area contributed by atoms with Crippen LogP contribution in [0.2, 0.25) is 0 Å². The van der Waals surface area contributed by atoms with E-state index in [1.165, 1.54) is 0 Å². The minimum absolute atomic E-state index is 0.114. The molecule has 1 heterocycles. The van der Waals surface area contributed by atoms with Crippen LogP contribution in [0.5, 0.6) is 5.75 Å². The van der Waals surface area contributed by atoms with Gasteiger partial charge in [-0.1, -0.05) is 17.4 Å². The van der Waals surface area contributed by atoms with Gasteiger partial charge in [0.1, 0.15) is 11.3 Å². The Morgan fingerprint density at radius 2 is 1.66 bits per heavy atom.